The van der Waals surface area contributed by atoms with Crippen molar-refractivity contribution in [3.63, 3.8) is 0 Å². The van der Waals surface area contributed by atoms with Gasteiger partial charge in [0.25, 0.3) is 0 Å². The summed E-state index contributed by atoms with van der Waals surface area (Å²) in [5.41, 5.74) is 0. The molecule has 0 rings (SSSR count). The smallest absolute Gasteiger partial charge is 0.197 e. The summed E-state index contributed by atoms with van der Waals surface area (Å²) in [4.78, 5) is 0. The van der Waals surface area contributed by atoms with E-state index in [1.54, 1.807) is 0 Å². The monoisotopic (exact) mass is 140 g/mol. The zero-order valence-electron chi connectivity index (χ0n) is 4.82. The zero-order valence-corrected chi connectivity index (χ0v) is 13.6. The van der Waals surface area contributed by atoms with Crippen molar-refractivity contribution < 1.29 is 4.21 Å². The Morgan fingerprint density at radius 1 is 0.667 bits per heavy atom. The van der Waals surface area contributed by atoms with E-state index in [0.717, 1.165) is 0 Å². The third kappa shape index (κ3) is 24.5. The van der Waals surface area contributed by atoms with Crippen LogP contribution >= 0.6 is 0 Å². The van der Waals surface area contributed by atoms with Crippen LogP contribution in [0.5, 0.6) is 0 Å². The SMILES string of the molecule is O=S.[Na].[Na].[Na].[Na]. The van der Waals surface area contributed by atoms with Crippen LogP contribution in [0.15, 0.2) is 0 Å². The first-order chi connectivity index (χ1) is 1.00. The molecule has 0 fully saturated rings. The van der Waals surface area contributed by atoms with Gasteiger partial charge in [-0.2, -0.15) is 4.21 Å². The Hall–Kier alpha value is 4.02. The van der Waals surface area contributed by atoms with Crippen LogP contribution in [-0.2, 0) is 12.5 Å². The van der Waals surface area contributed by atoms with Gasteiger partial charge in [0.15, 0.2) is 12.5 Å². The van der Waals surface area contributed by atoms with E-state index in [4.69, 9.17) is 4.21 Å². The van der Waals surface area contributed by atoms with Crippen LogP contribution in [-0.4, -0.2) is 122 Å². The van der Waals surface area contributed by atoms with Gasteiger partial charge < -0.3 is 0 Å². The van der Waals surface area contributed by atoms with Crippen molar-refractivity contribution in [3.8, 4) is 0 Å². The summed E-state index contributed by atoms with van der Waals surface area (Å²) in [7, 11) is 0. The van der Waals surface area contributed by atoms with Crippen molar-refractivity contribution in [2.75, 3.05) is 0 Å². The van der Waals surface area contributed by atoms with Crippen molar-refractivity contribution in [3.05, 3.63) is 0 Å². The van der Waals surface area contributed by atoms with Crippen LogP contribution < -0.4 is 0 Å². The summed E-state index contributed by atoms with van der Waals surface area (Å²) >= 11 is 2.83. The van der Waals surface area contributed by atoms with E-state index in [1.165, 1.54) is 0 Å². The Balaban J connectivity index is -0.000000000833. The summed E-state index contributed by atoms with van der Waals surface area (Å²) < 4.78 is 7.83. The van der Waals surface area contributed by atoms with Gasteiger partial charge in [0.2, 0.25) is 0 Å². The van der Waals surface area contributed by atoms with E-state index < -0.39 is 0 Å². The molecule has 0 aliphatic carbocycles. The van der Waals surface area contributed by atoms with Crippen LogP contribution in [0.25, 0.3) is 0 Å². The van der Waals surface area contributed by atoms with Crippen molar-refractivity contribution in [2.45, 2.75) is 0 Å². The fourth-order valence-corrected chi connectivity index (χ4v) is 0. The molecule has 0 unspecified atom stereocenters. The van der Waals surface area contributed by atoms with Gasteiger partial charge in [-0.25, -0.2) is 0 Å². The molecule has 0 aromatic carbocycles. The van der Waals surface area contributed by atoms with Gasteiger partial charge in [-0.1, -0.05) is 0 Å². The van der Waals surface area contributed by atoms with E-state index in [-0.39, 0.29) is 118 Å². The van der Waals surface area contributed by atoms with Gasteiger partial charge in [-0.15, -0.1) is 0 Å². The van der Waals surface area contributed by atoms with E-state index in [2.05, 4.69) is 12.5 Å². The molecular weight excluding hydrogens is 140 g/mol. The topological polar surface area (TPSA) is 17.1 Å². The minimum absolute atomic E-state index is 0. The Morgan fingerprint density at radius 2 is 0.667 bits per heavy atom. The molecule has 0 amide bonds. The summed E-state index contributed by atoms with van der Waals surface area (Å²) in [6.45, 7) is 0. The standard InChI is InChI=1S/4Na.OS/c;;;;1-2. The van der Waals surface area contributed by atoms with Crippen LogP contribution in [0.3, 0.4) is 0 Å². The third-order valence-corrected chi connectivity index (χ3v) is 0. The molecule has 0 bridgehead atoms. The van der Waals surface area contributed by atoms with E-state index in [9.17, 15) is 0 Å². The molecule has 0 N–H and O–H groups in total. The number of hydrogen-bond acceptors (Lipinski definition) is 2. The zero-order chi connectivity index (χ0) is 2.00. The van der Waals surface area contributed by atoms with Gasteiger partial charge in [0, 0.05) is 118 Å². The van der Waals surface area contributed by atoms with Gasteiger partial charge in [0.1, 0.15) is 0 Å². The van der Waals surface area contributed by atoms with Crippen LogP contribution in [0, 0.1) is 0 Å². The normalized spacial score (nSPS) is 0.667. The number of hydrogen-bond donors (Lipinski definition) is 0. The predicted octanol–water partition coefficient (Wildman–Crippen LogP) is -1.86. The minimum Gasteiger partial charge on any atom is -0.197 e. The second-order valence-corrected chi connectivity index (χ2v) is 0. The average molecular weight is 140 g/mol. The first-order valence-corrected chi connectivity index (χ1v) is 0.500. The first-order valence-electron chi connectivity index (χ1n) is 0.167. The van der Waals surface area contributed by atoms with Crippen molar-refractivity contribution in [1.29, 1.82) is 0 Å². The Bertz CT molecular complexity index is 7.51. The van der Waals surface area contributed by atoms with Crippen molar-refractivity contribution >= 4 is 131 Å². The maximum atomic E-state index is 7.83. The summed E-state index contributed by atoms with van der Waals surface area (Å²) in [6.07, 6.45) is 0. The molecule has 16 valence electrons. The molecular formula is Na4OS. The molecule has 0 saturated heterocycles. The molecule has 0 aliphatic rings. The molecule has 0 aromatic heterocycles. The molecule has 0 atom stereocenters. The number of rotatable bonds is 0. The van der Waals surface area contributed by atoms with Gasteiger partial charge in [0.05, 0.1) is 0 Å². The summed E-state index contributed by atoms with van der Waals surface area (Å²) in [6, 6.07) is 0. The van der Waals surface area contributed by atoms with Gasteiger partial charge in [-0.3, -0.25) is 0 Å². The van der Waals surface area contributed by atoms with E-state index in [1.807, 2.05) is 0 Å². The minimum atomic E-state index is 0. The van der Waals surface area contributed by atoms with E-state index in [0.29, 0.717) is 0 Å². The predicted molar refractivity (Wildman–Crippen MR) is 31.2 cm³/mol. The molecule has 0 aliphatic heterocycles. The molecule has 6 heavy (non-hydrogen) atoms. The second-order valence-electron chi connectivity index (χ2n) is 0. The van der Waals surface area contributed by atoms with Crippen LogP contribution in [0.1, 0.15) is 0 Å². The first kappa shape index (κ1) is 32.3. The maximum Gasteiger partial charge on any atom is 0.197 e. The van der Waals surface area contributed by atoms with E-state index >= 15 is 0 Å². The Kier molecular flexibility index (Phi) is 194. The molecule has 0 heterocycles. The Morgan fingerprint density at radius 3 is 0.667 bits per heavy atom. The molecule has 0 spiro atoms. The van der Waals surface area contributed by atoms with Crippen LogP contribution in [0.4, 0.5) is 0 Å². The average Bonchev–Trinajstić information content (AvgIpc) is 1.00. The van der Waals surface area contributed by atoms with Gasteiger partial charge >= 0.3 is 0 Å². The third-order valence-electron chi connectivity index (χ3n) is 0. The second kappa shape index (κ2) is 35.9. The summed E-state index contributed by atoms with van der Waals surface area (Å²) in [5.74, 6) is 0. The van der Waals surface area contributed by atoms with Crippen LogP contribution in [0.2, 0.25) is 0 Å². The molecule has 0 aromatic rings. The molecule has 0 saturated carbocycles. The molecule has 6 heteroatoms. The fraction of sp³-hybridized carbons (Fsp3) is 0. The maximum absolute atomic E-state index is 7.83. The van der Waals surface area contributed by atoms with Gasteiger partial charge in [-0.05, 0) is 0 Å². The molecule has 1 nitrogen and oxygen atoms in total. The Labute approximate surface area is 131 Å². The fourth-order valence-electron chi connectivity index (χ4n) is 0. The van der Waals surface area contributed by atoms with Crippen molar-refractivity contribution in [1.82, 2.24) is 0 Å². The largest absolute Gasteiger partial charge is 0.197 e. The quantitative estimate of drug-likeness (QED) is 0.367. The molecule has 4 radical (unpaired) electrons. The summed E-state index contributed by atoms with van der Waals surface area (Å²) in [5, 5.41) is 0. The van der Waals surface area contributed by atoms with Crippen molar-refractivity contribution in [2.24, 2.45) is 0 Å².